The summed E-state index contributed by atoms with van der Waals surface area (Å²) in [5.41, 5.74) is 0.383. The van der Waals surface area contributed by atoms with Gasteiger partial charge in [-0.3, -0.25) is 9.69 Å². The highest BCUT2D eigenvalue weighted by Crippen LogP contribution is 2.38. The molecule has 2 fully saturated rings. The monoisotopic (exact) mass is 401 g/mol. The van der Waals surface area contributed by atoms with Gasteiger partial charge in [-0.05, 0) is 58.9 Å². The van der Waals surface area contributed by atoms with E-state index in [1.807, 2.05) is 37.8 Å². The molecule has 0 N–H and O–H groups in total. The van der Waals surface area contributed by atoms with Crippen molar-refractivity contribution in [1.29, 1.82) is 0 Å². The smallest absolute Gasteiger partial charge is 0.416 e. The van der Waals surface area contributed by atoms with Gasteiger partial charge < -0.3 is 9.64 Å². The predicted octanol–water partition coefficient (Wildman–Crippen LogP) is 5.23. The zero-order valence-corrected chi connectivity index (χ0v) is 18.3. The van der Waals surface area contributed by atoms with E-state index in [0.717, 1.165) is 57.1 Å². The number of aromatic nitrogens is 1. The summed E-state index contributed by atoms with van der Waals surface area (Å²) in [5.74, 6) is 0.734. The molecule has 0 bridgehead atoms. The fraction of sp³-hybridized carbons (Fsp3) is 0.696. The van der Waals surface area contributed by atoms with E-state index in [-0.39, 0.29) is 24.1 Å². The van der Waals surface area contributed by atoms with E-state index >= 15 is 0 Å². The van der Waals surface area contributed by atoms with Crippen molar-refractivity contribution in [1.82, 2.24) is 9.88 Å². The second-order valence-electron chi connectivity index (χ2n) is 9.28. The Hall–Kier alpha value is -2.11. The van der Waals surface area contributed by atoms with Crippen molar-refractivity contribution in [2.45, 2.75) is 96.7 Å². The first-order valence-corrected chi connectivity index (χ1v) is 11.0. The number of piperidine rings is 1. The molecule has 1 aliphatic heterocycles. The molecule has 1 aromatic heterocycles. The van der Waals surface area contributed by atoms with Crippen LogP contribution in [0.1, 0.15) is 90.7 Å². The number of amides is 2. The average Bonchev–Trinajstić information content (AvgIpc) is 2.68. The first-order valence-electron chi connectivity index (χ1n) is 11.0. The summed E-state index contributed by atoms with van der Waals surface area (Å²) in [7, 11) is 0. The van der Waals surface area contributed by atoms with E-state index < -0.39 is 5.60 Å². The Morgan fingerprint density at radius 1 is 1.10 bits per heavy atom. The minimum absolute atomic E-state index is 0.0431. The fourth-order valence-electron chi connectivity index (χ4n) is 4.56. The van der Waals surface area contributed by atoms with E-state index in [1.54, 1.807) is 18.0 Å². The number of anilines is 1. The molecule has 1 aromatic rings. The van der Waals surface area contributed by atoms with Crippen molar-refractivity contribution in [3.63, 3.8) is 0 Å². The molecule has 6 nitrogen and oxygen atoms in total. The minimum Gasteiger partial charge on any atom is -0.443 e. The van der Waals surface area contributed by atoms with Crippen molar-refractivity contribution >= 4 is 17.8 Å². The largest absolute Gasteiger partial charge is 0.443 e. The van der Waals surface area contributed by atoms with Crippen LogP contribution >= 0.6 is 0 Å². The molecule has 3 rings (SSSR count). The first-order chi connectivity index (χ1) is 13.8. The Bertz CT molecular complexity index is 722. The van der Waals surface area contributed by atoms with Crippen molar-refractivity contribution in [3.05, 3.63) is 23.9 Å². The highest BCUT2D eigenvalue weighted by atomic mass is 16.6. The van der Waals surface area contributed by atoms with E-state index in [0.29, 0.717) is 5.82 Å². The number of pyridine rings is 1. The zero-order valence-electron chi connectivity index (χ0n) is 18.3. The lowest BCUT2D eigenvalue weighted by Gasteiger charge is -2.39. The van der Waals surface area contributed by atoms with Gasteiger partial charge in [0.1, 0.15) is 11.4 Å². The first kappa shape index (κ1) is 21.6. The second-order valence-corrected chi connectivity index (χ2v) is 9.28. The van der Waals surface area contributed by atoms with Crippen LogP contribution in [0.3, 0.4) is 0 Å². The zero-order chi connectivity index (χ0) is 21.0. The quantitative estimate of drug-likeness (QED) is 0.696. The molecule has 1 atom stereocenters. The number of carbonyl (C=O) groups excluding carboxylic acids is 2. The third kappa shape index (κ3) is 5.28. The molecule has 2 amide bonds. The summed E-state index contributed by atoms with van der Waals surface area (Å²) in [6.45, 7) is 8.05. The number of ether oxygens (including phenoxy) is 1. The van der Waals surface area contributed by atoms with Gasteiger partial charge in [0.25, 0.3) is 0 Å². The molecule has 1 saturated carbocycles. The number of carbonyl (C=O) groups is 2. The van der Waals surface area contributed by atoms with Crippen LogP contribution in [0, 0.1) is 0 Å². The third-order valence-corrected chi connectivity index (χ3v) is 5.84. The van der Waals surface area contributed by atoms with Crippen molar-refractivity contribution in [2.24, 2.45) is 0 Å². The van der Waals surface area contributed by atoms with Gasteiger partial charge in [0, 0.05) is 31.3 Å². The van der Waals surface area contributed by atoms with Gasteiger partial charge in [-0.1, -0.05) is 25.3 Å². The second kappa shape index (κ2) is 9.14. The topological polar surface area (TPSA) is 62.7 Å². The van der Waals surface area contributed by atoms with Gasteiger partial charge in [0.2, 0.25) is 5.91 Å². The minimum atomic E-state index is -0.574. The maximum Gasteiger partial charge on any atom is 0.416 e. The molecule has 1 saturated heterocycles. The van der Waals surface area contributed by atoms with Crippen LogP contribution in [-0.4, -0.2) is 40.1 Å². The molecule has 6 heteroatoms. The Morgan fingerprint density at radius 3 is 2.45 bits per heavy atom. The maximum absolute atomic E-state index is 13.3. The standard InChI is InChI=1S/C23H35N3O3/c1-17(27)25-16-9-8-14-20(25)19-13-10-15-24-21(19)26(18-11-6-5-7-12-18)22(28)29-23(2,3)4/h10,13,15,18,20H,5-9,11-12,14,16H2,1-4H3. The summed E-state index contributed by atoms with van der Waals surface area (Å²) < 4.78 is 5.79. The molecule has 2 aliphatic rings. The SMILES string of the molecule is CC(=O)N1CCCCC1c1cccnc1N(C(=O)OC(C)(C)C)C1CCCCC1. The summed E-state index contributed by atoms with van der Waals surface area (Å²) in [6, 6.07) is 3.97. The van der Waals surface area contributed by atoms with Crippen LogP contribution in [0.5, 0.6) is 0 Å². The molecule has 29 heavy (non-hydrogen) atoms. The maximum atomic E-state index is 13.3. The molecule has 0 radical (unpaired) electrons. The highest BCUT2D eigenvalue weighted by Gasteiger charge is 2.36. The fourth-order valence-corrected chi connectivity index (χ4v) is 4.56. The molecular weight excluding hydrogens is 366 g/mol. The van der Waals surface area contributed by atoms with E-state index in [9.17, 15) is 9.59 Å². The molecule has 160 valence electrons. The van der Waals surface area contributed by atoms with Gasteiger partial charge in [-0.15, -0.1) is 0 Å². The lowest BCUT2D eigenvalue weighted by atomic mass is 9.92. The molecule has 0 spiro atoms. The third-order valence-electron chi connectivity index (χ3n) is 5.84. The lowest BCUT2D eigenvalue weighted by molar-refractivity contribution is -0.132. The van der Waals surface area contributed by atoms with Crippen molar-refractivity contribution in [3.8, 4) is 0 Å². The molecule has 0 aromatic carbocycles. The van der Waals surface area contributed by atoms with E-state index in [2.05, 4.69) is 4.98 Å². The summed E-state index contributed by atoms with van der Waals surface area (Å²) in [6.07, 6.45) is 9.70. The predicted molar refractivity (Wildman–Crippen MR) is 114 cm³/mol. The number of hydrogen-bond acceptors (Lipinski definition) is 4. The Labute approximate surface area is 174 Å². The Balaban J connectivity index is 2.01. The number of rotatable bonds is 3. The number of likely N-dealkylation sites (tertiary alicyclic amines) is 1. The molecule has 2 heterocycles. The molecule has 1 aliphatic carbocycles. The van der Waals surface area contributed by atoms with Crippen molar-refractivity contribution in [2.75, 3.05) is 11.4 Å². The van der Waals surface area contributed by atoms with Gasteiger partial charge >= 0.3 is 6.09 Å². The summed E-state index contributed by atoms with van der Waals surface area (Å²) in [5, 5.41) is 0. The van der Waals surface area contributed by atoms with Gasteiger partial charge in [0.05, 0.1) is 6.04 Å². The van der Waals surface area contributed by atoms with Crippen molar-refractivity contribution < 1.29 is 14.3 Å². The lowest BCUT2D eigenvalue weighted by Crippen LogP contribution is -2.46. The highest BCUT2D eigenvalue weighted by molar-refractivity contribution is 5.88. The molecule has 1 unspecified atom stereocenters. The van der Waals surface area contributed by atoms with Gasteiger partial charge in [-0.2, -0.15) is 0 Å². The van der Waals surface area contributed by atoms with Crippen LogP contribution in [0.25, 0.3) is 0 Å². The van der Waals surface area contributed by atoms with Crippen LogP contribution < -0.4 is 4.90 Å². The number of nitrogens with zero attached hydrogens (tertiary/aromatic N) is 3. The Kier molecular flexibility index (Phi) is 6.81. The normalized spacial score (nSPS) is 21.0. The summed E-state index contributed by atoms with van der Waals surface area (Å²) in [4.78, 5) is 34.0. The van der Waals surface area contributed by atoms with Crippen LogP contribution in [0.2, 0.25) is 0 Å². The van der Waals surface area contributed by atoms with Gasteiger partial charge in [-0.25, -0.2) is 9.78 Å². The molecular formula is C23H35N3O3. The number of hydrogen-bond donors (Lipinski definition) is 0. The Morgan fingerprint density at radius 2 is 1.79 bits per heavy atom. The van der Waals surface area contributed by atoms with Gasteiger partial charge in [0.15, 0.2) is 0 Å². The van der Waals surface area contributed by atoms with Crippen LogP contribution in [-0.2, 0) is 9.53 Å². The van der Waals surface area contributed by atoms with E-state index in [1.165, 1.54) is 6.42 Å². The van der Waals surface area contributed by atoms with E-state index in [4.69, 9.17) is 4.74 Å². The average molecular weight is 402 g/mol. The summed E-state index contributed by atoms with van der Waals surface area (Å²) >= 11 is 0. The van der Waals surface area contributed by atoms with Crippen LogP contribution in [0.15, 0.2) is 18.3 Å². The van der Waals surface area contributed by atoms with Crippen LogP contribution in [0.4, 0.5) is 10.6 Å².